The van der Waals surface area contributed by atoms with Crippen molar-refractivity contribution in [2.75, 3.05) is 13.2 Å². The zero-order valence-corrected chi connectivity index (χ0v) is 26.0. The molecular weight excluding hydrogens is 497 g/mol. The van der Waals surface area contributed by atoms with Crippen molar-refractivity contribution < 1.29 is 23.6 Å². The van der Waals surface area contributed by atoms with Crippen LogP contribution in [0.1, 0.15) is 73.2 Å². The molecule has 10 heteroatoms. The largest absolute Gasteiger partial charge is 0.494 e. The Balaban J connectivity index is 1.67. The molecule has 3 heterocycles. The van der Waals surface area contributed by atoms with Crippen molar-refractivity contribution >= 4 is 37.8 Å². The Morgan fingerprint density at radius 2 is 1.82 bits per heavy atom. The zero-order valence-electron chi connectivity index (χ0n) is 25.0. The van der Waals surface area contributed by atoms with Crippen molar-refractivity contribution in [2.24, 2.45) is 0 Å². The summed E-state index contributed by atoms with van der Waals surface area (Å²) in [5.41, 5.74) is 1.36. The number of amides is 1. The predicted octanol–water partition coefficient (Wildman–Crippen LogP) is 5.72. The molecule has 0 bridgehead atoms. The number of likely N-dealkylation sites (tertiary alicyclic amines) is 1. The molecule has 0 saturated carbocycles. The van der Waals surface area contributed by atoms with E-state index in [0.29, 0.717) is 19.9 Å². The predicted molar refractivity (Wildman–Crippen MR) is 154 cm³/mol. The lowest BCUT2D eigenvalue weighted by Gasteiger charge is -2.32. The lowest BCUT2D eigenvalue weighted by molar-refractivity contribution is 0.00578. The van der Waals surface area contributed by atoms with Gasteiger partial charge < -0.3 is 23.3 Å². The zero-order chi connectivity index (χ0) is 28.1. The van der Waals surface area contributed by atoms with E-state index >= 15 is 0 Å². The number of aromatic nitrogens is 2. The minimum absolute atomic E-state index is 0.168. The van der Waals surface area contributed by atoms with Crippen LogP contribution in [-0.4, -0.2) is 65.7 Å². The molecule has 2 aromatic rings. The average molecular weight is 544 g/mol. The molecular formula is C28H46BN3O5Si. The van der Waals surface area contributed by atoms with E-state index in [4.69, 9.17) is 23.8 Å². The van der Waals surface area contributed by atoms with Crippen molar-refractivity contribution in [3.8, 4) is 0 Å². The molecule has 2 saturated heterocycles. The number of imidazole rings is 1. The molecule has 0 spiro atoms. The van der Waals surface area contributed by atoms with Crippen LogP contribution in [0.3, 0.4) is 0 Å². The number of fused-ring (bicyclic) bond motifs is 1. The number of nitrogens with zero attached hydrogens (tertiary/aromatic N) is 3. The molecule has 1 amide bonds. The van der Waals surface area contributed by atoms with Crippen LogP contribution in [0.15, 0.2) is 18.2 Å². The molecule has 2 fully saturated rings. The van der Waals surface area contributed by atoms with Crippen molar-refractivity contribution in [1.82, 2.24) is 14.5 Å². The molecule has 1 atom stereocenters. The lowest BCUT2D eigenvalue weighted by Crippen LogP contribution is -2.41. The second kappa shape index (κ2) is 10.3. The van der Waals surface area contributed by atoms with Crippen LogP contribution >= 0.6 is 0 Å². The quantitative estimate of drug-likeness (QED) is 0.329. The molecule has 0 unspecified atom stereocenters. The molecule has 0 aliphatic carbocycles. The molecule has 8 nitrogen and oxygen atoms in total. The molecule has 2 aliphatic heterocycles. The van der Waals surface area contributed by atoms with E-state index in [-0.39, 0.29) is 12.1 Å². The van der Waals surface area contributed by atoms with Crippen LogP contribution in [0.5, 0.6) is 0 Å². The van der Waals surface area contributed by atoms with E-state index in [1.54, 1.807) is 0 Å². The summed E-state index contributed by atoms with van der Waals surface area (Å²) >= 11 is 0. The number of ether oxygens (including phenoxy) is 2. The van der Waals surface area contributed by atoms with Gasteiger partial charge in [0.1, 0.15) is 18.2 Å². The minimum atomic E-state index is -1.21. The summed E-state index contributed by atoms with van der Waals surface area (Å²) in [5, 5.41) is 0. The van der Waals surface area contributed by atoms with Crippen LogP contribution in [-0.2, 0) is 25.5 Å². The maximum absolute atomic E-state index is 13.1. The van der Waals surface area contributed by atoms with Crippen molar-refractivity contribution in [3.63, 3.8) is 0 Å². The van der Waals surface area contributed by atoms with Gasteiger partial charge in [0.15, 0.2) is 0 Å². The third-order valence-electron chi connectivity index (χ3n) is 7.72. The second-order valence-corrected chi connectivity index (χ2v) is 19.5. The summed E-state index contributed by atoms with van der Waals surface area (Å²) in [5.74, 6) is 0.836. The molecule has 210 valence electrons. The summed E-state index contributed by atoms with van der Waals surface area (Å²) in [6.07, 6.45) is 1.45. The van der Waals surface area contributed by atoms with Gasteiger partial charge in [-0.3, -0.25) is 4.90 Å². The lowest BCUT2D eigenvalue weighted by atomic mass is 9.79. The molecule has 1 aromatic carbocycles. The average Bonchev–Trinajstić information content (AvgIpc) is 3.43. The van der Waals surface area contributed by atoms with Crippen LogP contribution in [0, 0.1) is 0 Å². The highest BCUT2D eigenvalue weighted by Crippen LogP contribution is 2.37. The standard InChI is InChI=1S/C28H46BN3O5Si/c1-26(2,3)35-25(33)31-15-11-12-23(31)24-30-21-18-20(29-36-27(4,5)28(6,7)37-29)13-14-22(21)32(24)19-34-16-17-38(8,9)10/h13-14,18,23H,11-12,15-17,19H2,1-10H3/t23-/m0/s1. The second-order valence-electron chi connectivity index (χ2n) is 13.9. The first-order valence-corrected chi connectivity index (χ1v) is 17.6. The fraction of sp³-hybridized carbons (Fsp3) is 0.714. The van der Waals surface area contributed by atoms with Gasteiger partial charge in [0.05, 0.1) is 28.3 Å². The van der Waals surface area contributed by atoms with Crippen molar-refractivity contribution in [2.45, 2.75) is 117 Å². The summed E-state index contributed by atoms with van der Waals surface area (Å²) < 4.78 is 26.7. The monoisotopic (exact) mass is 543 g/mol. The molecule has 4 rings (SSSR count). The Morgan fingerprint density at radius 3 is 2.42 bits per heavy atom. The SMILES string of the molecule is CC(C)(C)OC(=O)N1CCC[C@H]1c1nc2cc(B3OC(C)(C)C(C)(C)O3)ccc2n1COCC[Si](C)(C)C. The van der Waals surface area contributed by atoms with Gasteiger partial charge in [-0.15, -0.1) is 0 Å². The Hall–Kier alpha value is -1.88. The van der Waals surface area contributed by atoms with Gasteiger partial charge in [0.2, 0.25) is 0 Å². The van der Waals surface area contributed by atoms with E-state index < -0.39 is 32.0 Å². The number of benzene rings is 1. The summed E-state index contributed by atoms with van der Waals surface area (Å²) in [7, 11) is -1.68. The molecule has 0 N–H and O–H groups in total. The van der Waals surface area contributed by atoms with E-state index in [9.17, 15) is 4.79 Å². The first-order valence-electron chi connectivity index (χ1n) is 13.9. The summed E-state index contributed by atoms with van der Waals surface area (Å²) in [6.45, 7) is 22.7. The van der Waals surface area contributed by atoms with E-state index in [0.717, 1.165) is 41.2 Å². The fourth-order valence-electron chi connectivity index (χ4n) is 4.79. The minimum Gasteiger partial charge on any atom is -0.444 e. The Morgan fingerprint density at radius 1 is 1.16 bits per heavy atom. The van der Waals surface area contributed by atoms with Gasteiger partial charge in [-0.2, -0.15) is 0 Å². The summed E-state index contributed by atoms with van der Waals surface area (Å²) in [4.78, 5) is 20.0. The van der Waals surface area contributed by atoms with Crippen LogP contribution in [0.2, 0.25) is 25.7 Å². The van der Waals surface area contributed by atoms with E-state index in [1.807, 2.05) is 31.7 Å². The van der Waals surface area contributed by atoms with E-state index in [2.05, 4.69) is 64.0 Å². The Kier molecular flexibility index (Phi) is 7.86. The maximum atomic E-state index is 13.1. The number of hydrogen-bond donors (Lipinski definition) is 0. The van der Waals surface area contributed by atoms with Crippen molar-refractivity contribution in [3.05, 3.63) is 24.0 Å². The van der Waals surface area contributed by atoms with Crippen molar-refractivity contribution in [1.29, 1.82) is 0 Å². The first-order chi connectivity index (χ1) is 17.5. The van der Waals surface area contributed by atoms with Gasteiger partial charge in [-0.1, -0.05) is 25.7 Å². The fourth-order valence-corrected chi connectivity index (χ4v) is 5.55. The Bertz CT molecular complexity index is 1150. The third kappa shape index (κ3) is 6.29. The molecule has 1 aromatic heterocycles. The molecule has 2 aliphatic rings. The normalized spacial score (nSPS) is 21.5. The topological polar surface area (TPSA) is 75.0 Å². The molecule has 38 heavy (non-hydrogen) atoms. The smallest absolute Gasteiger partial charge is 0.444 e. The van der Waals surface area contributed by atoms with Crippen LogP contribution < -0.4 is 5.46 Å². The summed E-state index contributed by atoms with van der Waals surface area (Å²) in [6, 6.07) is 7.09. The van der Waals surface area contributed by atoms with Gasteiger partial charge in [-0.25, -0.2) is 9.78 Å². The van der Waals surface area contributed by atoms with Gasteiger partial charge in [0.25, 0.3) is 0 Å². The number of hydrogen-bond acceptors (Lipinski definition) is 6. The van der Waals surface area contributed by atoms with Gasteiger partial charge >= 0.3 is 13.2 Å². The number of carbonyl (C=O) groups is 1. The van der Waals surface area contributed by atoms with Crippen LogP contribution in [0.4, 0.5) is 4.79 Å². The first kappa shape index (κ1) is 29.1. The van der Waals surface area contributed by atoms with Crippen LogP contribution in [0.25, 0.3) is 11.0 Å². The third-order valence-corrected chi connectivity index (χ3v) is 9.43. The maximum Gasteiger partial charge on any atom is 0.494 e. The Labute approximate surface area is 229 Å². The number of carbonyl (C=O) groups excluding carboxylic acids is 1. The number of rotatable bonds is 7. The van der Waals surface area contributed by atoms with E-state index in [1.165, 1.54) is 0 Å². The molecule has 0 radical (unpaired) electrons. The highest BCUT2D eigenvalue weighted by molar-refractivity contribution is 6.76. The van der Waals surface area contributed by atoms with Gasteiger partial charge in [0, 0.05) is 21.2 Å². The highest BCUT2D eigenvalue weighted by atomic mass is 28.3. The van der Waals surface area contributed by atoms with Gasteiger partial charge in [-0.05, 0) is 84.9 Å². The highest BCUT2D eigenvalue weighted by Gasteiger charge is 2.51.